The van der Waals surface area contributed by atoms with Crippen LogP contribution in [0.5, 0.6) is 0 Å². The van der Waals surface area contributed by atoms with Crippen molar-refractivity contribution in [1.82, 2.24) is 9.78 Å². The lowest BCUT2D eigenvalue weighted by molar-refractivity contribution is 0.478. The zero-order valence-electron chi connectivity index (χ0n) is 6.65. The molecule has 1 aromatic heterocycles. The molecule has 58 valence electrons. The molecule has 0 aromatic carbocycles. The molecule has 11 heavy (non-hydrogen) atoms. The van der Waals surface area contributed by atoms with Gasteiger partial charge in [-0.2, -0.15) is 10.2 Å². The predicted octanol–water partition coefficient (Wildman–Crippen LogP) is 2.20. The fourth-order valence-corrected chi connectivity index (χ4v) is 1.23. The van der Waals surface area contributed by atoms with Gasteiger partial charge in [0.2, 0.25) is 0 Å². The molecular formula is C7H10N4. The molecule has 0 aliphatic carbocycles. The van der Waals surface area contributed by atoms with Crippen molar-refractivity contribution in [2.24, 2.45) is 10.2 Å². The van der Waals surface area contributed by atoms with E-state index >= 15 is 0 Å². The highest BCUT2D eigenvalue weighted by Crippen LogP contribution is 2.29. The molecule has 0 amide bonds. The fraction of sp³-hybridized carbons (Fsp3) is 0.571. The largest absolute Gasteiger partial charge is 0.219 e. The van der Waals surface area contributed by atoms with E-state index in [-0.39, 0.29) is 6.17 Å². The Morgan fingerprint density at radius 3 is 3.18 bits per heavy atom. The minimum absolute atomic E-state index is 0.138. The SMILES string of the molecule is CCC1N=Nc2cc(C)nn21. The number of fused-ring (bicyclic) bond motifs is 1. The summed E-state index contributed by atoms with van der Waals surface area (Å²) in [6.45, 7) is 4.04. The standard InChI is InChI=1S/C7H10N4/c1-3-6-8-9-7-4-5(2)10-11(6)7/h4,6H,3H2,1-2H3. The van der Waals surface area contributed by atoms with Crippen LogP contribution >= 0.6 is 0 Å². The summed E-state index contributed by atoms with van der Waals surface area (Å²) < 4.78 is 1.87. The maximum Gasteiger partial charge on any atom is 0.175 e. The van der Waals surface area contributed by atoms with Crippen LogP contribution in [0.3, 0.4) is 0 Å². The molecule has 1 atom stereocenters. The number of aryl methyl sites for hydroxylation is 1. The summed E-state index contributed by atoms with van der Waals surface area (Å²) in [5.74, 6) is 0.884. The van der Waals surface area contributed by atoms with Crippen molar-refractivity contribution >= 4 is 5.82 Å². The number of aromatic nitrogens is 2. The molecule has 1 aromatic rings. The molecule has 2 heterocycles. The number of nitrogens with zero attached hydrogens (tertiary/aromatic N) is 4. The van der Waals surface area contributed by atoms with Crippen molar-refractivity contribution in [2.45, 2.75) is 26.4 Å². The van der Waals surface area contributed by atoms with E-state index in [1.807, 2.05) is 17.7 Å². The van der Waals surface area contributed by atoms with Crippen LogP contribution in [0.25, 0.3) is 0 Å². The van der Waals surface area contributed by atoms with Gasteiger partial charge in [0.05, 0.1) is 5.69 Å². The van der Waals surface area contributed by atoms with Gasteiger partial charge in [-0.15, -0.1) is 5.11 Å². The summed E-state index contributed by atoms with van der Waals surface area (Å²) in [6, 6.07) is 1.94. The van der Waals surface area contributed by atoms with E-state index in [1.54, 1.807) is 0 Å². The number of hydrogen-bond donors (Lipinski definition) is 0. The number of azo groups is 1. The average Bonchev–Trinajstić information content (AvgIpc) is 2.45. The molecule has 0 N–H and O–H groups in total. The highest BCUT2D eigenvalue weighted by Gasteiger charge is 2.18. The molecule has 0 spiro atoms. The van der Waals surface area contributed by atoms with E-state index in [9.17, 15) is 0 Å². The van der Waals surface area contributed by atoms with Crippen LogP contribution in [-0.2, 0) is 0 Å². The van der Waals surface area contributed by atoms with Crippen LogP contribution in [0.15, 0.2) is 16.3 Å². The first kappa shape index (κ1) is 6.52. The summed E-state index contributed by atoms with van der Waals surface area (Å²) >= 11 is 0. The third-order valence-corrected chi connectivity index (χ3v) is 1.78. The summed E-state index contributed by atoms with van der Waals surface area (Å²) in [4.78, 5) is 0. The van der Waals surface area contributed by atoms with E-state index in [4.69, 9.17) is 0 Å². The fourth-order valence-electron chi connectivity index (χ4n) is 1.23. The Labute approximate surface area is 64.9 Å². The van der Waals surface area contributed by atoms with Gasteiger partial charge in [0.1, 0.15) is 0 Å². The molecule has 1 aliphatic heterocycles. The van der Waals surface area contributed by atoms with E-state index in [0.29, 0.717) is 0 Å². The highest BCUT2D eigenvalue weighted by molar-refractivity contribution is 5.31. The minimum atomic E-state index is 0.138. The Morgan fingerprint density at radius 1 is 1.64 bits per heavy atom. The number of hydrogen-bond acceptors (Lipinski definition) is 3. The minimum Gasteiger partial charge on any atom is -0.219 e. The monoisotopic (exact) mass is 150 g/mol. The normalized spacial score (nSPS) is 20.7. The Hall–Kier alpha value is -1.19. The van der Waals surface area contributed by atoms with Gasteiger partial charge in [0.25, 0.3) is 0 Å². The van der Waals surface area contributed by atoms with Crippen molar-refractivity contribution in [2.75, 3.05) is 0 Å². The van der Waals surface area contributed by atoms with Gasteiger partial charge in [-0.05, 0) is 13.3 Å². The van der Waals surface area contributed by atoms with E-state index in [2.05, 4.69) is 22.3 Å². The van der Waals surface area contributed by atoms with E-state index < -0.39 is 0 Å². The van der Waals surface area contributed by atoms with Gasteiger partial charge in [0, 0.05) is 6.07 Å². The maximum absolute atomic E-state index is 4.27. The molecule has 0 bridgehead atoms. The third kappa shape index (κ3) is 0.859. The molecule has 1 unspecified atom stereocenters. The van der Waals surface area contributed by atoms with Gasteiger partial charge in [0.15, 0.2) is 12.0 Å². The zero-order chi connectivity index (χ0) is 7.84. The smallest absolute Gasteiger partial charge is 0.175 e. The Kier molecular flexibility index (Phi) is 1.27. The molecule has 2 rings (SSSR count). The quantitative estimate of drug-likeness (QED) is 0.605. The lowest BCUT2D eigenvalue weighted by Gasteiger charge is -2.02. The molecule has 0 fully saturated rings. The van der Waals surface area contributed by atoms with Gasteiger partial charge in [-0.3, -0.25) is 0 Å². The topological polar surface area (TPSA) is 42.5 Å². The first-order valence-electron chi connectivity index (χ1n) is 3.78. The second kappa shape index (κ2) is 2.15. The van der Waals surface area contributed by atoms with E-state index in [1.165, 1.54) is 0 Å². The first-order valence-corrected chi connectivity index (χ1v) is 3.78. The highest BCUT2D eigenvalue weighted by atomic mass is 15.5. The Morgan fingerprint density at radius 2 is 2.45 bits per heavy atom. The first-order chi connectivity index (χ1) is 5.31. The maximum atomic E-state index is 4.27. The van der Waals surface area contributed by atoms with Crippen molar-refractivity contribution in [3.8, 4) is 0 Å². The average molecular weight is 150 g/mol. The molecule has 4 nitrogen and oxygen atoms in total. The van der Waals surface area contributed by atoms with Crippen LogP contribution in [0.1, 0.15) is 25.2 Å². The Balaban J connectivity index is 2.45. The molecule has 0 saturated heterocycles. The summed E-state index contributed by atoms with van der Waals surface area (Å²) in [5, 5.41) is 12.3. The van der Waals surface area contributed by atoms with Crippen molar-refractivity contribution in [3.05, 3.63) is 11.8 Å². The molecule has 0 radical (unpaired) electrons. The van der Waals surface area contributed by atoms with E-state index in [0.717, 1.165) is 17.9 Å². The van der Waals surface area contributed by atoms with Gasteiger partial charge in [-0.1, -0.05) is 6.92 Å². The Bertz CT molecular complexity index is 299. The lowest BCUT2D eigenvalue weighted by Crippen LogP contribution is -2.02. The van der Waals surface area contributed by atoms with Gasteiger partial charge >= 0.3 is 0 Å². The van der Waals surface area contributed by atoms with Crippen LogP contribution in [0.4, 0.5) is 5.82 Å². The van der Waals surface area contributed by atoms with Crippen molar-refractivity contribution < 1.29 is 0 Å². The van der Waals surface area contributed by atoms with Gasteiger partial charge in [-0.25, -0.2) is 4.68 Å². The van der Waals surface area contributed by atoms with Crippen molar-refractivity contribution in [3.63, 3.8) is 0 Å². The van der Waals surface area contributed by atoms with Gasteiger partial charge < -0.3 is 0 Å². The summed E-state index contributed by atoms with van der Waals surface area (Å²) in [5.41, 5.74) is 1.01. The summed E-state index contributed by atoms with van der Waals surface area (Å²) in [6.07, 6.45) is 1.09. The molecular weight excluding hydrogens is 140 g/mol. The second-order valence-electron chi connectivity index (χ2n) is 2.69. The van der Waals surface area contributed by atoms with Crippen LogP contribution < -0.4 is 0 Å². The molecule has 0 saturated carbocycles. The summed E-state index contributed by atoms with van der Waals surface area (Å²) in [7, 11) is 0. The van der Waals surface area contributed by atoms with Crippen LogP contribution in [0, 0.1) is 6.92 Å². The lowest BCUT2D eigenvalue weighted by atomic mass is 10.4. The van der Waals surface area contributed by atoms with Crippen LogP contribution in [-0.4, -0.2) is 9.78 Å². The van der Waals surface area contributed by atoms with Crippen LogP contribution in [0.2, 0.25) is 0 Å². The number of rotatable bonds is 1. The molecule has 4 heteroatoms. The molecule has 1 aliphatic rings. The third-order valence-electron chi connectivity index (χ3n) is 1.78. The zero-order valence-corrected chi connectivity index (χ0v) is 6.65. The predicted molar refractivity (Wildman–Crippen MR) is 40.8 cm³/mol. The second-order valence-corrected chi connectivity index (χ2v) is 2.69. The van der Waals surface area contributed by atoms with Crippen molar-refractivity contribution in [1.29, 1.82) is 0 Å².